The molecule has 0 aliphatic rings. The summed E-state index contributed by atoms with van der Waals surface area (Å²) >= 11 is 2.61. The minimum Gasteiger partial charge on any atom is -0.394 e. The van der Waals surface area contributed by atoms with Crippen LogP contribution in [0, 0.1) is 30.1 Å². The standard InChI is InChI=1S/C82H138N22O21S2/c1-15-26-53(71(114)98-59(39-44(3)4)77(120)100-62(43-105)68(85)111)92-72(115)55(29-20-23-34-83)95-78(121)61(41-52-27-18-17-19-28-52)97-69(112)47(8)89-70(113)54(31-22-25-36-88-104-86)93-73(116)56(30-21-24-35-84)94-76(119)60(40-45(5)6)99-80(123)66(49(10)107)102-75(118)58(33-38-127-14)96-74(117)57(32-37-126-13)91-63(110)42-87-79(122)64(46(7)16-2)101-82(125)67(50(11)108)103-81(124)65(48(9)106)90-51(12)109/h1,17-19,27-28,44-50,53-62,64-67,105-108H,16,20-26,29-43,83-84H2,2-14H3,(H2,85,111)(H,87,122)(H,89,113)(H,90,109)(H,91,110)(H,92,115)(H,93,116)(H,94,119)(H,95,121)(H,96,117)(H,97,112)(H,98,114)(H,99,123)(H,100,120)(H,101,125)(H,102,118)(H,103,124)/t46-,47-,48+,49+,50+,53-,54-,55-,56-,57-,58-,59-,60-,61-,62-,64-,65-,66-,67-/m0/s1. The number of hydrogen-bond acceptors (Lipinski definition) is 26. The van der Waals surface area contributed by atoms with Crippen LogP contribution in [0.15, 0.2) is 35.4 Å². The van der Waals surface area contributed by atoms with Crippen molar-refractivity contribution < 1.29 is 102 Å². The fourth-order valence-corrected chi connectivity index (χ4v) is 13.6. The molecule has 43 nitrogen and oxygen atoms in total. The Morgan fingerprint density at radius 2 is 0.811 bits per heavy atom. The largest absolute Gasteiger partial charge is 0.394 e. The lowest BCUT2D eigenvalue weighted by atomic mass is 9.97. The first-order chi connectivity index (χ1) is 60.0. The van der Waals surface area contributed by atoms with Crippen molar-refractivity contribution in [3.63, 3.8) is 0 Å². The van der Waals surface area contributed by atoms with Gasteiger partial charge in [0.25, 0.3) is 0 Å². The maximum Gasteiger partial charge on any atom is 0.245 e. The number of nitrogens with two attached hydrogens (primary N) is 3. The van der Waals surface area contributed by atoms with Gasteiger partial charge >= 0.3 is 0 Å². The molecule has 0 aliphatic carbocycles. The van der Waals surface area contributed by atoms with Gasteiger partial charge in [0.15, 0.2) is 0 Å². The van der Waals surface area contributed by atoms with E-state index in [0.717, 1.165) is 6.92 Å². The zero-order chi connectivity index (χ0) is 96.2. The maximum atomic E-state index is 14.7. The second-order valence-electron chi connectivity index (χ2n) is 31.9. The average molecular weight is 1830 g/mol. The predicted octanol–water partition coefficient (Wildman–Crippen LogP) is -4.32. The van der Waals surface area contributed by atoms with Gasteiger partial charge in [0.1, 0.15) is 90.6 Å². The molecule has 1 aromatic rings. The van der Waals surface area contributed by atoms with Crippen molar-refractivity contribution in [2.75, 3.05) is 56.8 Å². The van der Waals surface area contributed by atoms with E-state index in [1.165, 1.54) is 51.2 Å². The third-order valence-corrected chi connectivity index (χ3v) is 21.3. The molecular formula is C82H138N22O21S2. The summed E-state index contributed by atoms with van der Waals surface area (Å²) in [6.07, 6.45) is 5.40. The lowest BCUT2D eigenvalue weighted by Crippen LogP contribution is -2.62. The van der Waals surface area contributed by atoms with E-state index in [9.17, 15) is 102 Å². The zero-order valence-electron chi connectivity index (χ0n) is 75.0. The molecule has 1 rings (SSSR count). The second kappa shape index (κ2) is 62.7. The first-order valence-electron chi connectivity index (χ1n) is 42.6. The number of rotatable bonds is 64. The molecule has 0 saturated heterocycles. The van der Waals surface area contributed by atoms with E-state index < -0.39 is 235 Å². The minimum atomic E-state index is -1.81. The van der Waals surface area contributed by atoms with Gasteiger partial charge in [0, 0.05) is 31.2 Å². The molecule has 0 saturated carbocycles. The number of thioether (sulfide) groups is 2. The van der Waals surface area contributed by atoms with Crippen molar-refractivity contribution in [3.05, 3.63) is 46.3 Å². The monoisotopic (exact) mass is 1830 g/mol. The van der Waals surface area contributed by atoms with E-state index in [4.69, 9.17) is 29.2 Å². The highest BCUT2D eigenvalue weighted by Gasteiger charge is 2.40. The lowest BCUT2D eigenvalue weighted by Gasteiger charge is -2.29. The molecule has 45 heteroatoms. The van der Waals surface area contributed by atoms with Crippen LogP contribution in [0.2, 0.25) is 0 Å². The van der Waals surface area contributed by atoms with Gasteiger partial charge in [-0.2, -0.15) is 23.5 Å². The third-order valence-electron chi connectivity index (χ3n) is 20.0. The van der Waals surface area contributed by atoms with Crippen LogP contribution in [0.25, 0.3) is 10.4 Å². The van der Waals surface area contributed by atoms with Gasteiger partial charge in [-0.25, -0.2) is 0 Å². The SMILES string of the molecule is C#CC[C@H](NC(=O)[C@H](CCCCN)NC(=O)[C@H](Cc1ccccc1)NC(=O)[C@H](C)NC(=O)[C@H](CCCCN=[N+]=[N-])NC(=O)[C@H](CCCCN)NC(=O)[C@H](CC(C)C)NC(=O)[C@@H](NC(=O)[C@H](CCSC)NC(=O)[C@H](CCSC)NC(=O)CNC(=O)[C@@H](NC(=O)[C@@H](NC(=O)[C@@H](NC(C)=O)[C@@H](C)O)[C@@H](C)O)[C@@H](C)CC)[C@@H](C)O)C(=O)N[C@@H](CC(C)C)C(=O)N[C@@H](CO)C(N)=O. The van der Waals surface area contributed by atoms with E-state index in [-0.39, 0.29) is 114 Å². The lowest BCUT2D eigenvalue weighted by molar-refractivity contribution is -0.137. The molecule has 714 valence electrons. The van der Waals surface area contributed by atoms with Crippen LogP contribution in [-0.4, -0.2) is 287 Å². The number of terminal acetylenes is 1. The fraction of sp³-hybridized carbons (Fsp3) is 0.695. The number of benzene rings is 1. The molecule has 0 bridgehead atoms. The molecule has 19 atom stereocenters. The smallest absolute Gasteiger partial charge is 0.245 e. The van der Waals surface area contributed by atoms with Crippen LogP contribution >= 0.6 is 23.5 Å². The first kappa shape index (κ1) is 115. The van der Waals surface area contributed by atoms with Crippen molar-refractivity contribution >= 4 is 124 Å². The van der Waals surface area contributed by atoms with Crippen LogP contribution in [0.3, 0.4) is 0 Å². The van der Waals surface area contributed by atoms with Gasteiger partial charge in [0.05, 0.1) is 31.5 Å². The average Bonchev–Trinajstić information content (AvgIpc) is 0.851. The molecular weight excluding hydrogens is 1690 g/mol. The van der Waals surface area contributed by atoms with E-state index in [1.54, 1.807) is 84.4 Å². The molecule has 0 aliphatic heterocycles. The number of nitrogens with zero attached hydrogens (tertiary/aromatic N) is 3. The molecule has 127 heavy (non-hydrogen) atoms. The summed E-state index contributed by atoms with van der Waals surface area (Å²) in [5.74, 6) is -14.0. The number of aliphatic hydroxyl groups excluding tert-OH is 4. The number of carbonyl (C=O) groups is 17. The molecule has 0 spiro atoms. The van der Waals surface area contributed by atoms with Crippen molar-refractivity contribution in [2.24, 2.45) is 40.1 Å². The summed E-state index contributed by atoms with van der Waals surface area (Å²) in [6, 6.07) is -13.8. The Morgan fingerprint density at radius 3 is 1.23 bits per heavy atom. The van der Waals surface area contributed by atoms with E-state index in [0.29, 0.717) is 30.6 Å². The highest BCUT2D eigenvalue weighted by Crippen LogP contribution is 2.17. The van der Waals surface area contributed by atoms with Gasteiger partial charge in [-0.05, 0) is 171 Å². The molecule has 0 fully saturated rings. The number of azide groups is 1. The number of nitrogens with one attached hydrogen (secondary N) is 16. The number of aliphatic hydroxyl groups is 4. The Morgan fingerprint density at radius 1 is 0.449 bits per heavy atom. The second-order valence-corrected chi connectivity index (χ2v) is 33.9. The van der Waals surface area contributed by atoms with Crippen molar-refractivity contribution in [2.45, 2.75) is 288 Å². The van der Waals surface area contributed by atoms with Gasteiger partial charge in [0.2, 0.25) is 100 Å². The highest BCUT2D eigenvalue weighted by atomic mass is 32.2. The van der Waals surface area contributed by atoms with Gasteiger partial charge in [-0.15, -0.1) is 12.3 Å². The van der Waals surface area contributed by atoms with E-state index in [2.05, 4.69) is 101 Å². The van der Waals surface area contributed by atoms with Gasteiger partial charge in [-0.1, -0.05) is 89.8 Å². The van der Waals surface area contributed by atoms with Crippen molar-refractivity contribution in [1.82, 2.24) is 85.1 Å². The van der Waals surface area contributed by atoms with Gasteiger partial charge < -0.3 is 123 Å². The number of unbranched alkanes of at least 4 members (excludes halogenated alkanes) is 3. The van der Waals surface area contributed by atoms with Crippen LogP contribution in [-0.2, 0) is 87.9 Å². The van der Waals surface area contributed by atoms with Crippen molar-refractivity contribution in [1.29, 1.82) is 0 Å². The number of carbonyl (C=O) groups excluding carboxylic acids is 17. The van der Waals surface area contributed by atoms with Crippen LogP contribution in [0.1, 0.15) is 178 Å². The van der Waals surface area contributed by atoms with E-state index in [1.807, 2.05) is 0 Å². The van der Waals surface area contributed by atoms with Crippen LogP contribution in [0.5, 0.6) is 0 Å². The topological polar surface area (TPSA) is 690 Å². The van der Waals surface area contributed by atoms with Crippen LogP contribution < -0.4 is 102 Å². The molecule has 26 N–H and O–H groups in total. The molecule has 0 radical (unpaired) electrons. The quantitative estimate of drug-likeness (QED) is 0.00964. The molecule has 17 amide bonds. The predicted molar refractivity (Wildman–Crippen MR) is 476 cm³/mol. The van der Waals surface area contributed by atoms with Gasteiger partial charge in [-0.3, -0.25) is 81.5 Å². The molecule has 0 unspecified atom stereocenters. The Labute approximate surface area is 750 Å². The Bertz CT molecular complexity index is 3820. The summed E-state index contributed by atoms with van der Waals surface area (Å²) in [7, 11) is 0. The van der Waals surface area contributed by atoms with E-state index >= 15 is 0 Å². The number of amides is 17. The highest BCUT2D eigenvalue weighted by molar-refractivity contribution is 7.98. The Hall–Kier alpha value is -10.5. The maximum absolute atomic E-state index is 14.7. The van der Waals surface area contributed by atoms with Crippen LogP contribution in [0.4, 0.5) is 0 Å². The number of hydrogen-bond donors (Lipinski definition) is 23. The summed E-state index contributed by atoms with van der Waals surface area (Å²) in [5, 5.41) is 85.5. The molecule has 1 aromatic carbocycles. The molecule has 0 heterocycles. The summed E-state index contributed by atoms with van der Waals surface area (Å²) in [5.41, 5.74) is 26.6. The van der Waals surface area contributed by atoms with Crippen molar-refractivity contribution in [3.8, 4) is 12.3 Å². The summed E-state index contributed by atoms with van der Waals surface area (Å²) in [4.78, 5) is 238. The summed E-state index contributed by atoms with van der Waals surface area (Å²) in [6.45, 7) is 15.0. The zero-order valence-corrected chi connectivity index (χ0v) is 76.6. The third kappa shape index (κ3) is 44.7. The first-order valence-corrected chi connectivity index (χ1v) is 45.4. The minimum absolute atomic E-state index is 0.00663. The Kier molecular flexibility index (Phi) is 56.5. The molecule has 0 aromatic heterocycles. The summed E-state index contributed by atoms with van der Waals surface area (Å²) < 4.78 is 0. The normalized spacial score (nSPS) is 15.6. The fourth-order valence-electron chi connectivity index (χ4n) is 12.6. The number of primary amides is 1. The Balaban J connectivity index is 3.66.